The quantitative estimate of drug-likeness (QED) is 0.887. The van der Waals surface area contributed by atoms with Crippen LogP contribution in [0.25, 0.3) is 0 Å². The first-order chi connectivity index (χ1) is 10.5. The van der Waals surface area contributed by atoms with Crippen LogP contribution in [0.1, 0.15) is 23.2 Å². The van der Waals surface area contributed by atoms with Gasteiger partial charge in [-0.1, -0.05) is 6.07 Å². The van der Waals surface area contributed by atoms with E-state index in [9.17, 15) is 13.6 Å². The van der Waals surface area contributed by atoms with Crippen molar-refractivity contribution in [1.29, 1.82) is 0 Å². The summed E-state index contributed by atoms with van der Waals surface area (Å²) >= 11 is 1.46. The maximum absolute atomic E-state index is 13.5. The Hall–Kier alpha value is -2.02. The Balaban J connectivity index is 1.83. The van der Waals surface area contributed by atoms with Gasteiger partial charge in [-0.25, -0.2) is 18.6 Å². The first kappa shape index (κ1) is 16.4. The smallest absolute Gasteiger partial charge is 0.315 e. The summed E-state index contributed by atoms with van der Waals surface area (Å²) in [5.41, 5.74) is 0.886. The monoisotopic (exact) mass is 325 g/mol. The van der Waals surface area contributed by atoms with E-state index in [-0.39, 0.29) is 12.0 Å². The molecule has 1 aromatic carbocycles. The van der Waals surface area contributed by atoms with Crippen LogP contribution in [0.4, 0.5) is 13.6 Å². The van der Waals surface area contributed by atoms with Gasteiger partial charge in [-0.05, 0) is 32.4 Å². The number of hydrogen-bond acceptors (Lipinski definition) is 3. The molecule has 2 N–H and O–H groups in total. The van der Waals surface area contributed by atoms with Gasteiger partial charge in [0.25, 0.3) is 0 Å². The molecule has 2 amide bonds. The van der Waals surface area contributed by atoms with Crippen LogP contribution in [0.2, 0.25) is 0 Å². The van der Waals surface area contributed by atoms with Crippen molar-refractivity contribution in [2.45, 2.75) is 32.9 Å². The number of aromatic nitrogens is 1. The van der Waals surface area contributed by atoms with Crippen molar-refractivity contribution in [2.24, 2.45) is 0 Å². The normalized spacial score (nSPS) is 12.0. The number of halogens is 2. The van der Waals surface area contributed by atoms with Gasteiger partial charge in [0.1, 0.15) is 16.6 Å². The molecule has 0 spiro atoms. The van der Waals surface area contributed by atoms with E-state index in [0.717, 1.165) is 10.7 Å². The summed E-state index contributed by atoms with van der Waals surface area (Å²) in [5.74, 6) is -1.21. The fourth-order valence-corrected chi connectivity index (χ4v) is 2.71. The van der Waals surface area contributed by atoms with E-state index in [1.807, 2.05) is 12.3 Å². The molecule has 0 aliphatic rings. The summed E-state index contributed by atoms with van der Waals surface area (Å²) in [6.07, 6.45) is 0.0856. The first-order valence-electron chi connectivity index (χ1n) is 6.84. The average Bonchev–Trinajstić information content (AvgIpc) is 2.86. The molecule has 1 aromatic heterocycles. The molecule has 0 aliphatic heterocycles. The molecule has 118 valence electrons. The van der Waals surface area contributed by atoms with E-state index in [4.69, 9.17) is 0 Å². The maximum Gasteiger partial charge on any atom is 0.315 e. The van der Waals surface area contributed by atoms with E-state index < -0.39 is 23.7 Å². The third-order valence-corrected chi connectivity index (χ3v) is 3.98. The number of rotatable bonds is 5. The van der Waals surface area contributed by atoms with E-state index in [0.29, 0.717) is 6.54 Å². The SMILES string of the molecule is Cc1csc(CNC(=O)N[C@@H](C)Cc2c(F)cccc2F)n1. The van der Waals surface area contributed by atoms with Gasteiger partial charge in [0, 0.05) is 22.7 Å². The van der Waals surface area contributed by atoms with Gasteiger partial charge in [-0.15, -0.1) is 11.3 Å². The fourth-order valence-electron chi connectivity index (χ4n) is 2.00. The highest BCUT2D eigenvalue weighted by atomic mass is 32.1. The lowest BCUT2D eigenvalue weighted by molar-refractivity contribution is 0.237. The van der Waals surface area contributed by atoms with Crippen molar-refractivity contribution in [3.63, 3.8) is 0 Å². The summed E-state index contributed by atoms with van der Waals surface area (Å²) in [5, 5.41) is 8.03. The van der Waals surface area contributed by atoms with E-state index in [1.54, 1.807) is 6.92 Å². The standard InChI is InChI=1S/C15H17F2N3OS/c1-9(6-11-12(16)4-3-5-13(11)17)20-15(21)18-7-14-19-10(2)8-22-14/h3-5,8-9H,6-7H2,1-2H3,(H2,18,20,21)/t9-/m0/s1. The van der Waals surface area contributed by atoms with Crippen molar-refractivity contribution >= 4 is 17.4 Å². The molecule has 0 aliphatic carbocycles. The summed E-state index contributed by atoms with van der Waals surface area (Å²) in [7, 11) is 0. The number of nitrogens with zero attached hydrogens (tertiary/aromatic N) is 1. The van der Waals surface area contributed by atoms with Gasteiger partial charge in [0.2, 0.25) is 0 Å². The Morgan fingerprint density at radius 3 is 2.64 bits per heavy atom. The molecule has 2 rings (SSSR count). The van der Waals surface area contributed by atoms with Gasteiger partial charge in [-0.3, -0.25) is 0 Å². The van der Waals surface area contributed by atoms with Crippen LogP contribution in [0.15, 0.2) is 23.6 Å². The predicted octanol–water partition coefficient (Wildman–Crippen LogP) is 3.16. The molecular formula is C15H17F2N3OS. The zero-order valence-corrected chi connectivity index (χ0v) is 13.1. The molecular weight excluding hydrogens is 308 g/mol. The Bertz CT molecular complexity index is 640. The molecule has 0 bridgehead atoms. The van der Waals surface area contributed by atoms with Crippen LogP contribution in [0, 0.1) is 18.6 Å². The highest BCUT2D eigenvalue weighted by molar-refractivity contribution is 7.09. The lowest BCUT2D eigenvalue weighted by Gasteiger charge is -2.15. The number of nitrogens with one attached hydrogen (secondary N) is 2. The Labute approximate surface area is 131 Å². The van der Waals surface area contributed by atoms with E-state index in [2.05, 4.69) is 15.6 Å². The second-order valence-corrected chi connectivity index (χ2v) is 5.96. The van der Waals surface area contributed by atoms with Crippen LogP contribution < -0.4 is 10.6 Å². The van der Waals surface area contributed by atoms with Gasteiger partial charge in [0.15, 0.2) is 0 Å². The Morgan fingerprint density at radius 1 is 1.36 bits per heavy atom. The molecule has 1 atom stereocenters. The molecule has 0 unspecified atom stereocenters. The average molecular weight is 325 g/mol. The topological polar surface area (TPSA) is 54.0 Å². The largest absolute Gasteiger partial charge is 0.335 e. The van der Waals surface area contributed by atoms with Gasteiger partial charge in [0.05, 0.1) is 6.54 Å². The number of amides is 2. The number of thiazole rings is 1. The molecule has 0 saturated carbocycles. The van der Waals surface area contributed by atoms with Gasteiger partial charge < -0.3 is 10.6 Å². The number of carbonyl (C=O) groups is 1. The number of hydrogen-bond donors (Lipinski definition) is 2. The first-order valence-corrected chi connectivity index (χ1v) is 7.72. The Kier molecular flexibility index (Phi) is 5.43. The second kappa shape index (κ2) is 7.31. The zero-order chi connectivity index (χ0) is 16.1. The molecule has 1 heterocycles. The summed E-state index contributed by atoms with van der Waals surface area (Å²) < 4.78 is 27.1. The van der Waals surface area contributed by atoms with Crippen molar-refractivity contribution in [1.82, 2.24) is 15.6 Å². The van der Waals surface area contributed by atoms with Crippen LogP contribution in [0.5, 0.6) is 0 Å². The Morgan fingerprint density at radius 2 is 2.05 bits per heavy atom. The predicted molar refractivity (Wildman–Crippen MR) is 81.7 cm³/mol. The molecule has 7 heteroatoms. The van der Waals surface area contributed by atoms with E-state index >= 15 is 0 Å². The highest BCUT2D eigenvalue weighted by Crippen LogP contribution is 2.14. The lowest BCUT2D eigenvalue weighted by atomic mass is 10.1. The van der Waals surface area contributed by atoms with Gasteiger partial charge >= 0.3 is 6.03 Å². The number of carbonyl (C=O) groups excluding carboxylic acids is 1. The van der Waals surface area contributed by atoms with Crippen LogP contribution in [-0.4, -0.2) is 17.1 Å². The van der Waals surface area contributed by atoms with Crippen LogP contribution in [-0.2, 0) is 13.0 Å². The third kappa shape index (κ3) is 4.49. The number of aryl methyl sites for hydroxylation is 1. The highest BCUT2D eigenvalue weighted by Gasteiger charge is 2.14. The van der Waals surface area contributed by atoms with E-state index in [1.165, 1.54) is 29.5 Å². The lowest BCUT2D eigenvalue weighted by Crippen LogP contribution is -2.41. The molecule has 22 heavy (non-hydrogen) atoms. The zero-order valence-electron chi connectivity index (χ0n) is 12.3. The number of urea groups is 1. The van der Waals surface area contributed by atoms with Crippen molar-refractivity contribution < 1.29 is 13.6 Å². The minimum Gasteiger partial charge on any atom is -0.335 e. The van der Waals surface area contributed by atoms with Crippen molar-refractivity contribution in [2.75, 3.05) is 0 Å². The minimum absolute atomic E-state index is 0.0224. The summed E-state index contributed by atoms with van der Waals surface area (Å²) in [4.78, 5) is 16.0. The maximum atomic E-state index is 13.5. The third-order valence-electron chi connectivity index (χ3n) is 3.02. The molecule has 0 radical (unpaired) electrons. The summed E-state index contributed by atoms with van der Waals surface area (Å²) in [6.45, 7) is 3.90. The fraction of sp³-hybridized carbons (Fsp3) is 0.333. The molecule has 4 nitrogen and oxygen atoms in total. The minimum atomic E-state index is -0.604. The van der Waals surface area contributed by atoms with Crippen molar-refractivity contribution in [3.05, 3.63) is 51.5 Å². The van der Waals surface area contributed by atoms with Gasteiger partial charge in [-0.2, -0.15) is 0 Å². The molecule has 0 saturated heterocycles. The van der Waals surface area contributed by atoms with Crippen LogP contribution >= 0.6 is 11.3 Å². The number of benzene rings is 1. The van der Waals surface area contributed by atoms with Crippen LogP contribution in [0.3, 0.4) is 0 Å². The molecule has 0 fully saturated rings. The summed E-state index contributed by atoms with van der Waals surface area (Å²) in [6, 6.07) is 2.93. The van der Waals surface area contributed by atoms with Crippen molar-refractivity contribution in [3.8, 4) is 0 Å². The second-order valence-electron chi connectivity index (χ2n) is 5.02. The molecule has 2 aromatic rings.